The molecule has 0 spiro atoms. The van der Waals surface area contributed by atoms with Gasteiger partial charge in [0, 0.05) is 50.7 Å². The zero-order valence-corrected chi connectivity index (χ0v) is 16.9. The summed E-state index contributed by atoms with van der Waals surface area (Å²) in [6, 6.07) is 1.14. The van der Waals surface area contributed by atoms with E-state index in [9.17, 15) is 9.59 Å². The van der Waals surface area contributed by atoms with Gasteiger partial charge in [-0.05, 0) is 45.6 Å². The van der Waals surface area contributed by atoms with Crippen LogP contribution in [0, 0.1) is 0 Å². The molecule has 3 saturated heterocycles. The van der Waals surface area contributed by atoms with Gasteiger partial charge in [-0.2, -0.15) is 0 Å². The summed E-state index contributed by atoms with van der Waals surface area (Å²) in [5, 5.41) is 3.21. The van der Waals surface area contributed by atoms with Crippen LogP contribution in [0.2, 0.25) is 0 Å². The van der Waals surface area contributed by atoms with Crippen LogP contribution in [0.1, 0.15) is 64.2 Å². The van der Waals surface area contributed by atoms with Crippen molar-refractivity contribution in [1.29, 1.82) is 0 Å². The van der Waals surface area contributed by atoms with Gasteiger partial charge in [-0.25, -0.2) is 0 Å². The SMILES string of the molecule is CN1C(CCC(=O)N2CCCC2)CNC(=O)C2C1CCN2C1CCCCC1. The zero-order valence-electron chi connectivity index (χ0n) is 16.9. The van der Waals surface area contributed by atoms with Crippen LogP contribution in [0.5, 0.6) is 0 Å². The largest absolute Gasteiger partial charge is 0.353 e. The first kappa shape index (κ1) is 19.2. The molecule has 152 valence electrons. The van der Waals surface area contributed by atoms with Crippen LogP contribution in [0.15, 0.2) is 0 Å². The van der Waals surface area contributed by atoms with Crippen molar-refractivity contribution in [3.05, 3.63) is 0 Å². The smallest absolute Gasteiger partial charge is 0.239 e. The molecule has 3 heterocycles. The maximum absolute atomic E-state index is 12.9. The highest BCUT2D eigenvalue weighted by Gasteiger charge is 2.47. The molecule has 0 aromatic heterocycles. The molecule has 4 fully saturated rings. The second-order valence-electron chi connectivity index (χ2n) is 9.02. The van der Waals surface area contributed by atoms with E-state index in [1.807, 2.05) is 4.90 Å². The van der Waals surface area contributed by atoms with Crippen molar-refractivity contribution >= 4 is 11.8 Å². The number of carbonyl (C=O) groups excluding carboxylic acids is 2. The maximum Gasteiger partial charge on any atom is 0.239 e. The molecule has 0 aromatic rings. The first-order valence-electron chi connectivity index (χ1n) is 11.2. The molecule has 27 heavy (non-hydrogen) atoms. The van der Waals surface area contributed by atoms with Gasteiger partial charge in [0.05, 0.1) is 0 Å². The molecule has 4 rings (SSSR count). The lowest BCUT2D eigenvalue weighted by Crippen LogP contribution is -2.53. The van der Waals surface area contributed by atoms with Gasteiger partial charge in [0.2, 0.25) is 11.8 Å². The lowest BCUT2D eigenvalue weighted by Gasteiger charge is -2.37. The number of carbonyl (C=O) groups is 2. The van der Waals surface area contributed by atoms with Crippen LogP contribution in [-0.2, 0) is 9.59 Å². The molecule has 1 N–H and O–H groups in total. The second-order valence-corrected chi connectivity index (χ2v) is 9.02. The van der Waals surface area contributed by atoms with Gasteiger partial charge >= 0.3 is 0 Å². The van der Waals surface area contributed by atoms with Crippen molar-refractivity contribution in [3.8, 4) is 0 Å². The van der Waals surface area contributed by atoms with Crippen molar-refractivity contribution in [1.82, 2.24) is 20.0 Å². The standard InChI is InChI=1S/C21H36N4O2/c1-23-17(9-10-19(26)24-12-5-6-13-24)15-22-21(27)20-18(23)11-14-25(20)16-7-3-2-4-8-16/h16-18,20H,2-15H2,1H3,(H,22,27). The van der Waals surface area contributed by atoms with Crippen molar-refractivity contribution < 1.29 is 9.59 Å². The zero-order chi connectivity index (χ0) is 18.8. The van der Waals surface area contributed by atoms with E-state index in [-0.39, 0.29) is 18.0 Å². The van der Waals surface area contributed by atoms with E-state index in [1.165, 1.54) is 32.1 Å². The van der Waals surface area contributed by atoms with Crippen molar-refractivity contribution in [2.45, 2.75) is 88.4 Å². The first-order valence-corrected chi connectivity index (χ1v) is 11.2. The Balaban J connectivity index is 1.38. The van der Waals surface area contributed by atoms with E-state index in [4.69, 9.17) is 0 Å². The van der Waals surface area contributed by atoms with Crippen LogP contribution in [0.4, 0.5) is 0 Å². The summed E-state index contributed by atoms with van der Waals surface area (Å²) in [6.07, 6.45) is 11.3. The second kappa shape index (κ2) is 8.48. The average Bonchev–Trinajstić information content (AvgIpc) is 3.36. The maximum atomic E-state index is 12.9. The summed E-state index contributed by atoms with van der Waals surface area (Å²) in [6.45, 7) is 3.57. The number of amides is 2. The van der Waals surface area contributed by atoms with E-state index in [2.05, 4.69) is 22.2 Å². The third-order valence-electron chi connectivity index (χ3n) is 7.48. The monoisotopic (exact) mass is 376 g/mol. The number of nitrogens with zero attached hydrogens (tertiary/aromatic N) is 3. The Morgan fingerprint density at radius 2 is 1.78 bits per heavy atom. The molecule has 4 aliphatic rings. The number of fused-ring (bicyclic) bond motifs is 1. The minimum atomic E-state index is -0.00242. The Labute approximate surface area is 163 Å². The fraction of sp³-hybridized carbons (Fsp3) is 0.905. The summed E-state index contributed by atoms with van der Waals surface area (Å²) in [5.74, 6) is 0.506. The number of hydrogen-bond donors (Lipinski definition) is 1. The highest BCUT2D eigenvalue weighted by Crippen LogP contribution is 2.33. The molecule has 3 aliphatic heterocycles. The number of rotatable bonds is 4. The van der Waals surface area contributed by atoms with Crippen LogP contribution in [0.25, 0.3) is 0 Å². The number of likely N-dealkylation sites (N-methyl/N-ethyl adjacent to an activating group) is 1. The quantitative estimate of drug-likeness (QED) is 0.810. The van der Waals surface area contributed by atoms with Crippen LogP contribution in [-0.4, -0.2) is 83.9 Å². The molecule has 0 aromatic carbocycles. The van der Waals surface area contributed by atoms with Gasteiger partial charge in [-0.1, -0.05) is 19.3 Å². The van der Waals surface area contributed by atoms with Gasteiger partial charge in [0.15, 0.2) is 0 Å². The fourth-order valence-corrected chi connectivity index (χ4v) is 5.83. The molecule has 3 unspecified atom stereocenters. The van der Waals surface area contributed by atoms with Crippen LogP contribution < -0.4 is 5.32 Å². The van der Waals surface area contributed by atoms with Crippen LogP contribution in [0.3, 0.4) is 0 Å². The average molecular weight is 377 g/mol. The van der Waals surface area contributed by atoms with E-state index in [0.29, 0.717) is 31.0 Å². The normalized spacial score (nSPS) is 33.7. The molecular formula is C21H36N4O2. The predicted octanol–water partition coefficient (Wildman–Crippen LogP) is 1.59. The van der Waals surface area contributed by atoms with Gasteiger partial charge in [0.25, 0.3) is 0 Å². The summed E-state index contributed by atoms with van der Waals surface area (Å²) >= 11 is 0. The number of likely N-dealkylation sites (tertiary alicyclic amines) is 2. The molecule has 6 heteroatoms. The minimum absolute atomic E-state index is 0.00242. The minimum Gasteiger partial charge on any atom is -0.353 e. The van der Waals surface area contributed by atoms with Gasteiger partial charge < -0.3 is 10.2 Å². The summed E-state index contributed by atoms with van der Waals surface area (Å²) < 4.78 is 0. The third-order valence-corrected chi connectivity index (χ3v) is 7.48. The molecular weight excluding hydrogens is 340 g/mol. The van der Waals surface area contributed by atoms with E-state index in [0.717, 1.165) is 45.3 Å². The highest BCUT2D eigenvalue weighted by molar-refractivity contribution is 5.83. The van der Waals surface area contributed by atoms with Crippen molar-refractivity contribution in [3.63, 3.8) is 0 Å². The summed E-state index contributed by atoms with van der Waals surface area (Å²) in [5.41, 5.74) is 0. The van der Waals surface area contributed by atoms with Gasteiger partial charge in [0.1, 0.15) is 6.04 Å². The summed E-state index contributed by atoms with van der Waals surface area (Å²) in [4.78, 5) is 32.3. The van der Waals surface area contributed by atoms with Gasteiger partial charge in [-0.15, -0.1) is 0 Å². The third kappa shape index (κ3) is 4.02. The molecule has 1 aliphatic carbocycles. The van der Waals surface area contributed by atoms with Gasteiger partial charge in [-0.3, -0.25) is 19.4 Å². The van der Waals surface area contributed by atoms with E-state index >= 15 is 0 Å². The number of hydrogen-bond acceptors (Lipinski definition) is 4. The molecule has 1 saturated carbocycles. The predicted molar refractivity (Wildman–Crippen MR) is 105 cm³/mol. The lowest BCUT2D eigenvalue weighted by atomic mass is 9.93. The van der Waals surface area contributed by atoms with E-state index < -0.39 is 0 Å². The van der Waals surface area contributed by atoms with Crippen molar-refractivity contribution in [2.24, 2.45) is 0 Å². The molecule has 3 atom stereocenters. The van der Waals surface area contributed by atoms with E-state index in [1.54, 1.807) is 0 Å². The Hall–Kier alpha value is -1.14. The summed E-state index contributed by atoms with van der Waals surface area (Å²) in [7, 11) is 2.17. The molecule has 2 amide bonds. The highest BCUT2D eigenvalue weighted by atomic mass is 16.2. The molecule has 0 bridgehead atoms. The lowest BCUT2D eigenvalue weighted by molar-refractivity contribution is -0.130. The van der Waals surface area contributed by atoms with Crippen LogP contribution >= 0.6 is 0 Å². The first-order chi connectivity index (χ1) is 13.1. The topological polar surface area (TPSA) is 55.9 Å². The Kier molecular flexibility index (Phi) is 6.02. The fourth-order valence-electron chi connectivity index (χ4n) is 5.83. The molecule has 0 radical (unpaired) electrons. The Bertz CT molecular complexity index is 542. The van der Waals surface area contributed by atoms with Crippen molar-refractivity contribution in [2.75, 3.05) is 33.2 Å². The number of nitrogens with one attached hydrogen (secondary N) is 1. The Morgan fingerprint density at radius 1 is 1.04 bits per heavy atom. The molecule has 6 nitrogen and oxygen atoms in total. The Morgan fingerprint density at radius 3 is 2.52 bits per heavy atom.